The largest absolute Gasteiger partial charge is 0.379 e. The fraction of sp³-hybridized carbons (Fsp3) is 0.125. The molecule has 0 fully saturated rings. The van der Waals surface area contributed by atoms with Crippen LogP contribution >= 0.6 is 80.4 Å². The van der Waals surface area contributed by atoms with Crippen molar-refractivity contribution in [3.8, 4) is 0 Å². The number of rotatable bonds is 4. The third-order valence-electron chi connectivity index (χ3n) is 3.52. The van der Waals surface area contributed by atoms with Crippen molar-refractivity contribution in [2.24, 2.45) is 11.5 Å². The molecule has 0 unspecified atom stereocenters. The van der Waals surface area contributed by atoms with Crippen LogP contribution in [0, 0.1) is 16.6 Å². The van der Waals surface area contributed by atoms with Gasteiger partial charge in [-0.2, -0.15) is 0 Å². The lowest BCUT2D eigenvalue weighted by atomic mass is 10.1. The molecule has 3 rings (SSSR count). The molecule has 0 atom stereocenters. The Bertz CT molecular complexity index is 934. The predicted octanol–water partition coefficient (Wildman–Crippen LogP) is 6.26. The van der Waals surface area contributed by atoms with E-state index in [4.69, 9.17) is 33.9 Å². The van der Waals surface area contributed by atoms with Crippen molar-refractivity contribution in [3.05, 3.63) is 46.2 Å². The van der Waals surface area contributed by atoms with Gasteiger partial charge in [0.25, 0.3) is 0 Å². The number of nitrogens with one attached hydrogen (secondary N) is 2. The average Bonchev–Trinajstić information content (AvgIpc) is 2.88. The van der Waals surface area contributed by atoms with Crippen LogP contribution in [0.2, 0.25) is 5.02 Å². The smallest absolute Gasteiger partial charge is 0.151 e. The molecule has 0 radical (unpaired) electrons. The SMILES string of the molecule is Br.Br.N=C(N)SCc1cc(F)cc2c1sc1c(CSC(=N)N)cc(Cl)cc12. The molecule has 2 aromatic carbocycles. The van der Waals surface area contributed by atoms with E-state index >= 15 is 0 Å². The first-order valence-electron chi connectivity index (χ1n) is 7.12. The first kappa shape index (κ1) is 24.5. The van der Waals surface area contributed by atoms with Gasteiger partial charge in [-0.1, -0.05) is 35.1 Å². The molecule has 4 nitrogen and oxygen atoms in total. The molecule has 1 aromatic heterocycles. The van der Waals surface area contributed by atoms with Crippen molar-refractivity contribution in [1.82, 2.24) is 0 Å². The molecule has 146 valence electrons. The standard InChI is InChI=1S/C16H14ClFN4S3.2BrH/c17-9-1-7(5-23-15(19)20)13-11(3-9)12-4-10(18)2-8(14(12)25-13)6-24-16(21)22;;/h1-4H,5-6H2,(H3,19,20)(H3,21,22);2*1H. The molecule has 0 saturated heterocycles. The summed E-state index contributed by atoms with van der Waals surface area (Å²) in [6.45, 7) is 0. The monoisotopic (exact) mass is 572 g/mol. The molecule has 11 heteroatoms. The van der Waals surface area contributed by atoms with E-state index in [-0.39, 0.29) is 50.1 Å². The van der Waals surface area contributed by atoms with Crippen LogP contribution in [0.5, 0.6) is 0 Å². The van der Waals surface area contributed by atoms with E-state index < -0.39 is 0 Å². The number of halogens is 4. The topological polar surface area (TPSA) is 99.7 Å². The molecule has 0 aliphatic rings. The van der Waals surface area contributed by atoms with Gasteiger partial charge in [0.15, 0.2) is 10.3 Å². The van der Waals surface area contributed by atoms with Crippen LogP contribution in [0.15, 0.2) is 24.3 Å². The van der Waals surface area contributed by atoms with Crippen molar-refractivity contribution < 1.29 is 4.39 Å². The number of thiophene rings is 1. The van der Waals surface area contributed by atoms with Crippen LogP contribution in [-0.2, 0) is 11.5 Å². The third kappa shape index (κ3) is 5.74. The summed E-state index contributed by atoms with van der Waals surface area (Å²) in [4.78, 5) is 0. The maximum absolute atomic E-state index is 14.1. The van der Waals surface area contributed by atoms with Crippen LogP contribution in [0.25, 0.3) is 20.2 Å². The molecule has 0 amide bonds. The fourth-order valence-electron chi connectivity index (χ4n) is 2.57. The van der Waals surface area contributed by atoms with Crippen LogP contribution in [-0.4, -0.2) is 10.3 Å². The molecule has 1 heterocycles. The zero-order chi connectivity index (χ0) is 18.1. The lowest BCUT2D eigenvalue weighted by Crippen LogP contribution is -2.03. The Morgan fingerprint density at radius 1 is 0.926 bits per heavy atom. The first-order chi connectivity index (χ1) is 11.8. The number of thioether (sulfide) groups is 2. The summed E-state index contributed by atoms with van der Waals surface area (Å²) in [5.41, 5.74) is 12.6. The Kier molecular flexibility index (Phi) is 9.36. The van der Waals surface area contributed by atoms with Crippen molar-refractivity contribution in [2.75, 3.05) is 0 Å². The van der Waals surface area contributed by atoms with E-state index in [1.807, 2.05) is 12.1 Å². The zero-order valence-corrected chi connectivity index (χ0v) is 20.3. The maximum Gasteiger partial charge on any atom is 0.151 e. The summed E-state index contributed by atoms with van der Waals surface area (Å²) in [6, 6.07) is 6.68. The number of hydrogen-bond donors (Lipinski definition) is 4. The number of benzene rings is 2. The van der Waals surface area contributed by atoms with E-state index in [9.17, 15) is 4.39 Å². The molecule has 3 aromatic rings. The van der Waals surface area contributed by atoms with Crippen LogP contribution in [0.4, 0.5) is 4.39 Å². The second-order valence-electron chi connectivity index (χ2n) is 5.29. The van der Waals surface area contributed by atoms with Crippen LogP contribution in [0.3, 0.4) is 0 Å². The minimum Gasteiger partial charge on any atom is -0.379 e. The minimum atomic E-state index is -0.328. The third-order valence-corrected chi connectivity index (χ3v) is 6.65. The van der Waals surface area contributed by atoms with Gasteiger partial charge in [0.2, 0.25) is 0 Å². The van der Waals surface area contributed by atoms with Crippen molar-refractivity contribution in [2.45, 2.75) is 11.5 Å². The summed E-state index contributed by atoms with van der Waals surface area (Å²) in [6.07, 6.45) is 0. The lowest BCUT2D eigenvalue weighted by Gasteiger charge is -2.04. The molecule has 0 saturated carbocycles. The predicted molar refractivity (Wildman–Crippen MR) is 131 cm³/mol. The second-order valence-corrected chi connectivity index (χ2v) is 8.78. The summed E-state index contributed by atoms with van der Waals surface area (Å²) in [5, 5.41) is 17.1. The van der Waals surface area contributed by atoms with Gasteiger partial charge in [0.1, 0.15) is 5.82 Å². The van der Waals surface area contributed by atoms with Gasteiger partial charge in [-0.25, -0.2) is 4.39 Å². The van der Waals surface area contributed by atoms with Gasteiger partial charge < -0.3 is 11.5 Å². The Hall–Kier alpha value is -0.520. The Morgan fingerprint density at radius 3 is 1.93 bits per heavy atom. The normalized spacial score (nSPS) is 10.4. The second kappa shape index (κ2) is 10.3. The minimum absolute atomic E-state index is 0. The molecule has 0 aliphatic heterocycles. The highest BCUT2D eigenvalue weighted by Crippen LogP contribution is 2.41. The van der Waals surface area contributed by atoms with Crippen molar-refractivity contribution in [1.29, 1.82) is 10.8 Å². The molecule has 0 aliphatic carbocycles. The van der Waals surface area contributed by atoms with Crippen LogP contribution in [0.1, 0.15) is 11.1 Å². The number of nitrogens with two attached hydrogens (primary N) is 2. The van der Waals surface area contributed by atoms with Gasteiger partial charge in [0.05, 0.1) is 0 Å². The maximum atomic E-state index is 14.1. The number of fused-ring (bicyclic) bond motifs is 3. The molecule has 0 spiro atoms. The van der Waals surface area contributed by atoms with Gasteiger partial charge in [-0.15, -0.1) is 45.3 Å². The van der Waals surface area contributed by atoms with Crippen LogP contribution < -0.4 is 11.5 Å². The number of amidine groups is 2. The van der Waals surface area contributed by atoms with E-state index in [2.05, 4.69) is 0 Å². The summed E-state index contributed by atoms with van der Waals surface area (Å²) >= 11 is 10.2. The molecule has 6 N–H and O–H groups in total. The molecule has 27 heavy (non-hydrogen) atoms. The summed E-state index contributed by atoms with van der Waals surface area (Å²) < 4.78 is 16.1. The number of hydrogen-bond acceptors (Lipinski definition) is 5. The van der Waals surface area contributed by atoms with Gasteiger partial charge in [-0.05, 0) is 35.4 Å². The molecular weight excluding hydrogens is 559 g/mol. The molecular formula is C16H16Br2ClFN4S3. The van der Waals surface area contributed by atoms with E-state index in [1.54, 1.807) is 11.3 Å². The highest BCUT2D eigenvalue weighted by atomic mass is 79.9. The Labute approximate surface area is 194 Å². The zero-order valence-electron chi connectivity index (χ0n) is 13.7. The highest BCUT2D eigenvalue weighted by molar-refractivity contribution is 8.93. The quantitative estimate of drug-likeness (QED) is 0.218. The summed E-state index contributed by atoms with van der Waals surface area (Å²) in [7, 11) is 0. The van der Waals surface area contributed by atoms with E-state index in [1.165, 1.54) is 35.7 Å². The van der Waals surface area contributed by atoms with E-state index in [0.717, 1.165) is 31.3 Å². The Morgan fingerprint density at radius 2 is 1.41 bits per heavy atom. The fourth-order valence-corrected chi connectivity index (χ4v) is 5.36. The van der Waals surface area contributed by atoms with Crippen molar-refractivity contribution >= 4 is 111 Å². The lowest BCUT2D eigenvalue weighted by molar-refractivity contribution is 0.629. The van der Waals surface area contributed by atoms with Gasteiger partial charge in [-0.3, -0.25) is 10.8 Å². The van der Waals surface area contributed by atoms with Gasteiger partial charge >= 0.3 is 0 Å². The highest BCUT2D eigenvalue weighted by Gasteiger charge is 2.15. The van der Waals surface area contributed by atoms with Crippen molar-refractivity contribution in [3.63, 3.8) is 0 Å². The van der Waals surface area contributed by atoms with E-state index in [0.29, 0.717) is 16.5 Å². The Balaban J connectivity index is 0.00000182. The first-order valence-corrected chi connectivity index (χ1v) is 10.3. The average molecular weight is 575 g/mol. The molecule has 0 bridgehead atoms. The summed E-state index contributed by atoms with van der Waals surface area (Å²) in [5.74, 6) is 0.631. The van der Waals surface area contributed by atoms with Gasteiger partial charge in [0, 0.05) is 36.7 Å².